The number of piperidine rings is 1. The molecule has 0 radical (unpaired) electrons. The zero-order valence-electron chi connectivity index (χ0n) is 16.4. The normalized spacial score (nSPS) is 15.8. The van der Waals surface area contributed by atoms with Crippen LogP contribution >= 0.6 is 0 Å². The van der Waals surface area contributed by atoms with Crippen LogP contribution in [-0.2, 0) is 12.7 Å². The Balaban J connectivity index is 1.45. The van der Waals surface area contributed by atoms with Crippen LogP contribution in [-0.4, -0.2) is 54.9 Å². The Bertz CT molecular complexity index is 1060. The topological polar surface area (TPSA) is 76.2 Å². The highest BCUT2D eigenvalue weighted by atomic mass is 19.4. The molecule has 1 amide bonds. The highest BCUT2D eigenvalue weighted by molar-refractivity contribution is 5.97. The van der Waals surface area contributed by atoms with E-state index < -0.39 is 11.9 Å². The summed E-state index contributed by atoms with van der Waals surface area (Å²) in [6.07, 6.45) is -2.03. The number of carbonyl (C=O) groups is 1. The van der Waals surface area contributed by atoms with Crippen LogP contribution in [0.3, 0.4) is 0 Å². The first kappa shape index (κ1) is 20.4. The lowest BCUT2D eigenvalue weighted by molar-refractivity contribution is -0.141. The second-order valence-electron chi connectivity index (χ2n) is 7.44. The predicted octanol–water partition coefficient (Wildman–Crippen LogP) is 3.03. The molecule has 1 N–H and O–H groups in total. The van der Waals surface area contributed by atoms with Gasteiger partial charge in [-0.2, -0.15) is 18.3 Å². The van der Waals surface area contributed by atoms with Gasteiger partial charge >= 0.3 is 6.18 Å². The summed E-state index contributed by atoms with van der Waals surface area (Å²) in [7, 11) is 0. The molecule has 0 saturated carbocycles. The van der Waals surface area contributed by atoms with Crippen LogP contribution in [0.4, 0.5) is 13.2 Å². The SMILES string of the molecule is Cc1nc2cc(C(=O)N3CCC(n4ccc(C(F)(F)F)n4)CC3)ccc2n1CCO. The highest BCUT2D eigenvalue weighted by Crippen LogP contribution is 2.30. The van der Waals surface area contributed by atoms with Crippen LogP contribution < -0.4 is 0 Å². The Kier molecular flexibility index (Phi) is 5.27. The van der Waals surface area contributed by atoms with Crippen LogP contribution in [0.5, 0.6) is 0 Å². The number of amides is 1. The summed E-state index contributed by atoms with van der Waals surface area (Å²) in [5.74, 6) is 0.642. The van der Waals surface area contributed by atoms with E-state index >= 15 is 0 Å². The number of aliphatic hydroxyl groups excluding tert-OH is 1. The van der Waals surface area contributed by atoms with Gasteiger partial charge in [0.1, 0.15) is 5.82 Å². The first-order valence-corrected chi connectivity index (χ1v) is 9.77. The van der Waals surface area contributed by atoms with Crippen molar-refractivity contribution in [3.05, 3.63) is 47.5 Å². The van der Waals surface area contributed by atoms with Gasteiger partial charge in [-0.3, -0.25) is 9.48 Å². The molecule has 4 rings (SSSR count). The molecule has 1 aliphatic rings. The van der Waals surface area contributed by atoms with Crippen molar-refractivity contribution in [2.24, 2.45) is 0 Å². The van der Waals surface area contributed by atoms with Gasteiger partial charge in [-0.15, -0.1) is 0 Å². The summed E-state index contributed by atoms with van der Waals surface area (Å²) in [6, 6.07) is 6.13. The number of likely N-dealkylation sites (tertiary alicyclic amines) is 1. The summed E-state index contributed by atoms with van der Waals surface area (Å²) in [6.45, 7) is 3.18. The second kappa shape index (κ2) is 7.75. The van der Waals surface area contributed by atoms with Crippen LogP contribution in [0.15, 0.2) is 30.5 Å². The van der Waals surface area contributed by atoms with Gasteiger partial charge in [0.2, 0.25) is 0 Å². The Labute approximate surface area is 170 Å². The zero-order chi connectivity index (χ0) is 21.5. The quantitative estimate of drug-likeness (QED) is 0.703. The molecule has 1 saturated heterocycles. The number of benzene rings is 1. The number of nitrogens with zero attached hydrogens (tertiary/aromatic N) is 5. The number of carbonyl (C=O) groups excluding carboxylic acids is 1. The Morgan fingerprint density at radius 2 is 1.97 bits per heavy atom. The van der Waals surface area contributed by atoms with Crippen molar-refractivity contribution in [2.75, 3.05) is 19.7 Å². The summed E-state index contributed by atoms with van der Waals surface area (Å²) in [4.78, 5) is 19.1. The lowest BCUT2D eigenvalue weighted by atomic mass is 10.0. The molecule has 10 heteroatoms. The number of aromatic nitrogens is 4. The number of aryl methyl sites for hydroxylation is 1. The molecule has 7 nitrogen and oxygen atoms in total. The number of alkyl halides is 3. The van der Waals surface area contributed by atoms with Crippen molar-refractivity contribution >= 4 is 16.9 Å². The molecule has 0 aliphatic carbocycles. The molecule has 3 heterocycles. The van der Waals surface area contributed by atoms with E-state index in [0.717, 1.165) is 17.4 Å². The van der Waals surface area contributed by atoms with Gasteiger partial charge in [0.25, 0.3) is 5.91 Å². The van der Waals surface area contributed by atoms with E-state index in [4.69, 9.17) is 0 Å². The minimum atomic E-state index is -4.46. The van der Waals surface area contributed by atoms with Gasteiger partial charge in [0, 0.05) is 31.4 Å². The van der Waals surface area contributed by atoms with Crippen molar-refractivity contribution < 1.29 is 23.1 Å². The number of rotatable bonds is 4. The van der Waals surface area contributed by atoms with Crippen LogP contribution in [0.25, 0.3) is 11.0 Å². The monoisotopic (exact) mass is 421 g/mol. The number of aliphatic hydroxyl groups is 1. The molecule has 3 aromatic rings. The van der Waals surface area contributed by atoms with Crippen molar-refractivity contribution in [1.29, 1.82) is 0 Å². The third kappa shape index (κ3) is 3.79. The number of fused-ring (bicyclic) bond motifs is 1. The molecule has 1 fully saturated rings. The van der Waals surface area contributed by atoms with Crippen LogP contribution in [0.1, 0.15) is 40.8 Å². The fourth-order valence-electron chi connectivity index (χ4n) is 3.97. The maximum Gasteiger partial charge on any atom is 0.435 e. The zero-order valence-corrected chi connectivity index (χ0v) is 16.4. The van der Waals surface area contributed by atoms with E-state index in [1.807, 2.05) is 17.6 Å². The third-order valence-corrected chi connectivity index (χ3v) is 5.53. The summed E-state index contributed by atoms with van der Waals surface area (Å²) in [5.41, 5.74) is 1.17. The molecule has 30 heavy (non-hydrogen) atoms. The van der Waals surface area contributed by atoms with E-state index in [-0.39, 0.29) is 18.6 Å². The number of hydrogen-bond acceptors (Lipinski definition) is 4. The van der Waals surface area contributed by atoms with E-state index in [1.54, 1.807) is 17.0 Å². The van der Waals surface area contributed by atoms with Gasteiger partial charge in [0.05, 0.1) is 23.7 Å². The average Bonchev–Trinajstić information content (AvgIpc) is 3.33. The average molecular weight is 421 g/mol. The fourth-order valence-corrected chi connectivity index (χ4v) is 3.97. The van der Waals surface area contributed by atoms with E-state index in [2.05, 4.69) is 10.1 Å². The van der Waals surface area contributed by atoms with E-state index in [9.17, 15) is 23.1 Å². The second-order valence-corrected chi connectivity index (χ2v) is 7.44. The molecule has 0 spiro atoms. The number of hydrogen-bond donors (Lipinski definition) is 1. The maximum absolute atomic E-state index is 12.9. The van der Waals surface area contributed by atoms with E-state index in [0.29, 0.717) is 43.6 Å². The molecule has 1 aliphatic heterocycles. The standard InChI is InChI=1S/C20H22F3N5O2/c1-13-24-16-12-14(2-3-17(16)27(13)10-11-29)19(30)26-7-4-15(5-8-26)28-9-6-18(25-28)20(21,22)23/h2-3,6,9,12,15,29H,4-5,7-8,10-11H2,1H3. The summed E-state index contributed by atoms with van der Waals surface area (Å²) in [5, 5.41) is 12.9. The van der Waals surface area contributed by atoms with Crippen molar-refractivity contribution in [3.63, 3.8) is 0 Å². The molecular weight excluding hydrogens is 399 g/mol. The van der Waals surface area contributed by atoms with Crippen molar-refractivity contribution in [3.8, 4) is 0 Å². The molecule has 0 unspecified atom stereocenters. The number of halogens is 3. The van der Waals surface area contributed by atoms with Gasteiger partial charge in [-0.25, -0.2) is 4.98 Å². The Morgan fingerprint density at radius 3 is 2.60 bits per heavy atom. The van der Waals surface area contributed by atoms with Gasteiger partial charge in [-0.05, 0) is 44.0 Å². The van der Waals surface area contributed by atoms with Crippen molar-refractivity contribution in [1.82, 2.24) is 24.2 Å². The Morgan fingerprint density at radius 1 is 1.23 bits per heavy atom. The minimum Gasteiger partial charge on any atom is -0.395 e. The van der Waals surface area contributed by atoms with Gasteiger partial charge in [0.15, 0.2) is 5.69 Å². The molecule has 0 atom stereocenters. The van der Waals surface area contributed by atoms with Gasteiger partial charge < -0.3 is 14.6 Å². The fraction of sp³-hybridized carbons (Fsp3) is 0.450. The van der Waals surface area contributed by atoms with Crippen LogP contribution in [0, 0.1) is 6.92 Å². The summed E-state index contributed by atoms with van der Waals surface area (Å²) < 4.78 is 41.5. The molecular formula is C20H22F3N5O2. The first-order chi connectivity index (χ1) is 14.3. The van der Waals surface area contributed by atoms with Gasteiger partial charge in [-0.1, -0.05) is 0 Å². The lowest BCUT2D eigenvalue weighted by Crippen LogP contribution is -2.39. The Hall–Kier alpha value is -2.88. The predicted molar refractivity (Wildman–Crippen MR) is 103 cm³/mol. The number of imidazole rings is 1. The molecule has 160 valence electrons. The van der Waals surface area contributed by atoms with Crippen LogP contribution in [0.2, 0.25) is 0 Å². The van der Waals surface area contributed by atoms with Crippen molar-refractivity contribution in [2.45, 2.75) is 38.5 Å². The smallest absolute Gasteiger partial charge is 0.395 e. The molecule has 1 aromatic carbocycles. The molecule has 0 bridgehead atoms. The largest absolute Gasteiger partial charge is 0.435 e. The lowest BCUT2D eigenvalue weighted by Gasteiger charge is -2.32. The minimum absolute atomic E-state index is 0.00262. The highest BCUT2D eigenvalue weighted by Gasteiger charge is 2.34. The first-order valence-electron chi connectivity index (χ1n) is 9.77. The maximum atomic E-state index is 12.9. The van der Waals surface area contributed by atoms with E-state index in [1.165, 1.54) is 10.9 Å². The third-order valence-electron chi connectivity index (χ3n) is 5.53. The molecule has 2 aromatic heterocycles. The summed E-state index contributed by atoms with van der Waals surface area (Å²) >= 11 is 0.